The van der Waals surface area contributed by atoms with E-state index in [1.54, 1.807) is 24.3 Å². The van der Waals surface area contributed by atoms with Crippen LogP contribution < -0.4 is 0 Å². The molecule has 0 aliphatic carbocycles. The van der Waals surface area contributed by atoms with Crippen LogP contribution in [0.3, 0.4) is 0 Å². The van der Waals surface area contributed by atoms with E-state index in [4.69, 9.17) is 21.8 Å². The third-order valence-electron chi connectivity index (χ3n) is 2.17. The van der Waals surface area contributed by atoms with Crippen molar-refractivity contribution in [1.82, 2.24) is 0 Å². The van der Waals surface area contributed by atoms with E-state index in [1.165, 1.54) is 0 Å². The van der Waals surface area contributed by atoms with Crippen LogP contribution in [0.5, 0.6) is 0 Å². The van der Waals surface area contributed by atoms with Gasteiger partial charge in [-0.25, -0.2) is 0 Å². The third kappa shape index (κ3) is 3.90. The van der Waals surface area contributed by atoms with Crippen molar-refractivity contribution >= 4 is 23.5 Å². The first-order chi connectivity index (χ1) is 7.49. The Morgan fingerprint density at radius 3 is 2.19 bits per heavy atom. The zero-order valence-electron chi connectivity index (χ0n) is 8.39. The Morgan fingerprint density at radius 2 is 1.75 bits per heavy atom. The van der Waals surface area contributed by atoms with Gasteiger partial charge in [-0.2, -0.15) is 0 Å². The van der Waals surface area contributed by atoms with Crippen molar-refractivity contribution < 1.29 is 19.8 Å². The van der Waals surface area contributed by atoms with Crippen molar-refractivity contribution in [3.05, 3.63) is 34.9 Å². The van der Waals surface area contributed by atoms with Crippen molar-refractivity contribution in [2.24, 2.45) is 5.92 Å². The Kier molecular flexibility index (Phi) is 4.31. The summed E-state index contributed by atoms with van der Waals surface area (Å²) < 4.78 is 0. The van der Waals surface area contributed by atoms with Crippen LogP contribution >= 0.6 is 11.6 Å². The zero-order chi connectivity index (χ0) is 12.1. The van der Waals surface area contributed by atoms with E-state index in [2.05, 4.69) is 0 Å². The predicted molar refractivity (Wildman–Crippen MR) is 58.5 cm³/mol. The van der Waals surface area contributed by atoms with Crippen LogP contribution in [0.4, 0.5) is 0 Å². The molecule has 16 heavy (non-hydrogen) atoms. The van der Waals surface area contributed by atoms with Gasteiger partial charge in [0.15, 0.2) is 0 Å². The van der Waals surface area contributed by atoms with E-state index in [0.717, 1.165) is 5.56 Å². The van der Waals surface area contributed by atoms with E-state index in [9.17, 15) is 9.59 Å². The molecular weight excluding hydrogens is 232 g/mol. The van der Waals surface area contributed by atoms with Gasteiger partial charge in [-0.05, 0) is 24.1 Å². The number of aliphatic carboxylic acids is 2. The summed E-state index contributed by atoms with van der Waals surface area (Å²) in [6.07, 6.45) is -0.184. The fraction of sp³-hybridized carbons (Fsp3) is 0.273. The molecule has 0 aliphatic heterocycles. The number of carboxylic acid groups (broad SMARTS) is 2. The van der Waals surface area contributed by atoms with E-state index in [0.29, 0.717) is 5.02 Å². The molecule has 0 saturated carbocycles. The Bertz CT molecular complexity index is 385. The van der Waals surface area contributed by atoms with Crippen molar-refractivity contribution in [3.63, 3.8) is 0 Å². The standard InChI is InChI=1S/C11H11ClO4/c12-9-3-1-7(2-4-9)5-8(11(15)16)6-10(13)14/h1-4,8H,5-6H2,(H,13,14)(H,15,16). The van der Waals surface area contributed by atoms with Crippen LogP contribution in [0.25, 0.3) is 0 Å². The van der Waals surface area contributed by atoms with Gasteiger partial charge in [0.2, 0.25) is 0 Å². The smallest absolute Gasteiger partial charge is 0.307 e. The van der Waals surface area contributed by atoms with Crippen molar-refractivity contribution in [3.8, 4) is 0 Å². The quantitative estimate of drug-likeness (QED) is 0.829. The SMILES string of the molecule is O=C(O)CC(Cc1ccc(Cl)cc1)C(=O)O. The Hall–Kier alpha value is -1.55. The first-order valence-corrected chi connectivity index (χ1v) is 5.06. The fourth-order valence-corrected chi connectivity index (χ4v) is 1.49. The maximum Gasteiger partial charge on any atom is 0.307 e. The molecule has 0 heterocycles. The number of halogens is 1. The number of rotatable bonds is 5. The molecule has 0 bridgehead atoms. The van der Waals surface area contributed by atoms with Crippen LogP contribution in [-0.2, 0) is 16.0 Å². The molecule has 0 fully saturated rings. The maximum atomic E-state index is 10.8. The molecule has 86 valence electrons. The molecule has 1 atom stereocenters. The van der Waals surface area contributed by atoms with Crippen molar-refractivity contribution in [1.29, 1.82) is 0 Å². The van der Waals surface area contributed by atoms with Gasteiger partial charge in [-0.1, -0.05) is 23.7 Å². The Balaban J connectivity index is 2.71. The minimum absolute atomic E-state index is 0.193. The number of carbonyl (C=O) groups is 2. The molecule has 0 aromatic heterocycles. The fourth-order valence-electron chi connectivity index (χ4n) is 1.36. The highest BCUT2D eigenvalue weighted by Crippen LogP contribution is 2.15. The normalized spacial score (nSPS) is 12.1. The average molecular weight is 243 g/mol. The summed E-state index contributed by atoms with van der Waals surface area (Å²) in [5.74, 6) is -3.11. The maximum absolute atomic E-state index is 10.8. The molecule has 0 radical (unpaired) electrons. The molecule has 0 saturated heterocycles. The van der Waals surface area contributed by atoms with Crippen molar-refractivity contribution in [2.45, 2.75) is 12.8 Å². The zero-order valence-corrected chi connectivity index (χ0v) is 9.15. The average Bonchev–Trinajstić information content (AvgIpc) is 2.19. The summed E-state index contributed by atoms with van der Waals surface area (Å²) in [6.45, 7) is 0. The number of benzene rings is 1. The van der Waals surface area contributed by atoms with Gasteiger partial charge in [-0.3, -0.25) is 9.59 Å². The van der Waals surface area contributed by atoms with Crippen LogP contribution in [0.2, 0.25) is 5.02 Å². The lowest BCUT2D eigenvalue weighted by atomic mass is 9.96. The van der Waals surface area contributed by atoms with Gasteiger partial charge in [0.05, 0.1) is 12.3 Å². The monoisotopic (exact) mass is 242 g/mol. The van der Waals surface area contributed by atoms with Gasteiger partial charge < -0.3 is 10.2 Å². The summed E-state index contributed by atoms with van der Waals surface area (Å²) in [4.78, 5) is 21.3. The highest BCUT2D eigenvalue weighted by Gasteiger charge is 2.21. The van der Waals surface area contributed by atoms with E-state index in [-0.39, 0.29) is 12.8 Å². The topological polar surface area (TPSA) is 74.6 Å². The lowest BCUT2D eigenvalue weighted by Crippen LogP contribution is -2.20. The molecule has 5 heteroatoms. The molecule has 0 spiro atoms. The summed E-state index contributed by atoms with van der Waals surface area (Å²) >= 11 is 5.68. The third-order valence-corrected chi connectivity index (χ3v) is 2.42. The minimum Gasteiger partial charge on any atom is -0.481 e. The van der Waals surface area contributed by atoms with Crippen LogP contribution in [-0.4, -0.2) is 22.2 Å². The first kappa shape index (κ1) is 12.5. The van der Waals surface area contributed by atoms with Gasteiger partial charge in [0, 0.05) is 5.02 Å². The molecule has 4 nitrogen and oxygen atoms in total. The van der Waals surface area contributed by atoms with E-state index >= 15 is 0 Å². The Morgan fingerprint density at radius 1 is 1.19 bits per heavy atom. The van der Waals surface area contributed by atoms with Gasteiger partial charge >= 0.3 is 11.9 Å². The second-order valence-electron chi connectivity index (χ2n) is 3.46. The van der Waals surface area contributed by atoms with Gasteiger partial charge in [0.25, 0.3) is 0 Å². The first-order valence-electron chi connectivity index (χ1n) is 4.68. The van der Waals surface area contributed by atoms with Crippen molar-refractivity contribution in [2.75, 3.05) is 0 Å². The summed E-state index contributed by atoms with van der Waals surface area (Å²) in [7, 11) is 0. The molecular formula is C11H11ClO4. The molecule has 1 aromatic carbocycles. The van der Waals surface area contributed by atoms with E-state index in [1.807, 2.05) is 0 Å². The minimum atomic E-state index is -1.11. The van der Waals surface area contributed by atoms with E-state index < -0.39 is 17.9 Å². The molecule has 1 unspecified atom stereocenters. The van der Waals surface area contributed by atoms with Gasteiger partial charge in [0.1, 0.15) is 0 Å². The summed E-state index contributed by atoms with van der Waals surface area (Å²) in [5, 5.41) is 18.0. The van der Waals surface area contributed by atoms with Crippen LogP contribution in [0, 0.1) is 5.92 Å². The lowest BCUT2D eigenvalue weighted by molar-refractivity contribution is -0.148. The predicted octanol–water partition coefficient (Wildman–Crippen LogP) is 2.06. The Labute approximate surface area is 97.5 Å². The van der Waals surface area contributed by atoms with Gasteiger partial charge in [-0.15, -0.1) is 0 Å². The number of hydrogen-bond donors (Lipinski definition) is 2. The molecule has 0 aliphatic rings. The van der Waals surface area contributed by atoms with Crippen LogP contribution in [0.1, 0.15) is 12.0 Å². The lowest BCUT2D eigenvalue weighted by Gasteiger charge is -2.09. The largest absolute Gasteiger partial charge is 0.481 e. The summed E-state index contributed by atoms with van der Waals surface area (Å²) in [5.41, 5.74) is 0.762. The second-order valence-corrected chi connectivity index (χ2v) is 3.90. The number of hydrogen-bond acceptors (Lipinski definition) is 2. The highest BCUT2D eigenvalue weighted by atomic mass is 35.5. The second kappa shape index (κ2) is 5.51. The molecule has 2 N–H and O–H groups in total. The molecule has 0 amide bonds. The highest BCUT2D eigenvalue weighted by molar-refractivity contribution is 6.30. The van der Waals surface area contributed by atoms with Crippen LogP contribution in [0.15, 0.2) is 24.3 Å². The summed E-state index contributed by atoms with van der Waals surface area (Å²) in [6, 6.07) is 6.69. The molecule has 1 rings (SSSR count). The molecule has 1 aromatic rings. The number of carboxylic acids is 2.